The molecule has 86 valence electrons. The van der Waals surface area contributed by atoms with E-state index in [0.717, 1.165) is 6.26 Å². The van der Waals surface area contributed by atoms with E-state index in [1.54, 1.807) is 0 Å². The van der Waals surface area contributed by atoms with Crippen LogP contribution in [0.25, 0.3) is 0 Å². The Morgan fingerprint density at radius 2 is 1.87 bits per heavy atom. The van der Waals surface area contributed by atoms with Gasteiger partial charge in [-0.1, -0.05) is 0 Å². The molecule has 0 radical (unpaired) electrons. The molecule has 0 aliphatic carbocycles. The quantitative estimate of drug-likeness (QED) is 0.767. The Morgan fingerprint density at radius 1 is 1.33 bits per heavy atom. The third kappa shape index (κ3) is 2.28. The molecular weight excluding hydrogens is 235 g/mol. The molecule has 1 heterocycles. The fourth-order valence-corrected chi connectivity index (χ4v) is 1.86. The standard InChI is InChI=1S/C6H8F3N3O2S/c1-3-12-4(6(7,8)9)10-11-5(12)15(2,13)14/h3H2,1-2H3. The molecule has 0 spiro atoms. The molecule has 9 heteroatoms. The first kappa shape index (κ1) is 12.0. The number of alkyl halides is 3. The Hall–Kier alpha value is -1.12. The zero-order valence-corrected chi connectivity index (χ0v) is 8.72. The lowest BCUT2D eigenvalue weighted by Gasteiger charge is -2.08. The Labute approximate surface area is 83.8 Å². The van der Waals surface area contributed by atoms with E-state index in [9.17, 15) is 21.6 Å². The van der Waals surface area contributed by atoms with E-state index in [1.807, 2.05) is 0 Å². The van der Waals surface area contributed by atoms with Gasteiger partial charge in [0.05, 0.1) is 0 Å². The molecule has 0 aliphatic heterocycles. The monoisotopic (exact) mass is 243 g/mol. The maximum atomic E-state index is 12.3. The minimum atomic E-state index is -4.70. The third-order valence-electron chi connectivity index (χ3n) is 1.62. The predicted octanol–water partition coefficient (Wildman–Crippen LogP) is 0.720. The summed E-state index contributed by atoms with van der Waals surface area (Å²) in [7, 11) is -3.80. The maximum Gasteiger partial charge on any atom is 0.451 e. The van der Waals surface area contributed by atoms with Gasteiger partial charge in [0.15, 0.2) is 0 Å². The van der Waals surface area contributed by atoms with Crippen molar-refractivity contribution in [2.24, 2.45) is 0 Å². The SMILES string of the molecule is CCn1c(C(F)(F)F)nnc1S(C)(=O)=O. The lowest BCUT2D eigenvalue weighted by molar-refractivity contribution is -0.147. The topological polar surface area (TPSA) is 64.8 Å². The Kier molecular flexibility index (Phi) is 2.77. The predicted molar refractivity (Wildman–Crippen MR) is 43.8 cm³/mol. The van der Waals surface area contributed by atoms with Crippen molar-refractivity contribution >= 4 is 9.84 Å². The largest absolute Gasteiger partial charge is 0.451 e. The van der Waals surface area contributed by atoms with Gasteiger partial charge in [-0.15, -0.1) is 10.2 Å². The highest BCUT2D eigenvalue weighted by molar-refractivity contribution is 7.90. The Morgan fingerprint density at radius 3 is 2.20 bits per heavy atom. The molecule has 0 atom stereocenters. The van der Waals surface area contributed by atoms with Crippen molar-refractivity contribution in [1.82, 2.24) is 14.8 Å². The van der Waals surface area contributed by atoms with E-state index in [4.69, 9.17) is 0 Å². The van der Waals surface area contributed by atoms with Gasteiger partial charge in [-0.25, -0.2) is 8.42 Å². The number of nitrogens with zero attached hydrogens (tertiary/aromatic N) is 3. The minimum absolute atomic E-state index is 0.162. The van der Waals surface area contributed by atoms with Crippen LogP contribution in [-0.4, -0.2) is 29.4 Å². The van der Waals surface area contributed by atoms with Gasteiger partial charge in [-0.05, 0) is 6.92 Å². The number of aromatic nitrogens is 3. The molecule has 0 N–H and O–H groups in total. The summed E-state index contributed by atoms with van der Waals surface area (Å²) in [6, 6.07) is 0. The number of hydrogen-bond acceptors (Lipinski definition) is 4. The molecule has 0 fully saturated rings. The van der Waals surface area contributed by atoms with Crippen molar-refractivity contribution in [3.63, 3.8) is 0 Å². The summed E-state index contributed by atoms with van der Waals surface area (Å²) in [5.74, 6) is -1.30. The average molecular weight is 243 g/mol. The van der Waals surface area contributed by atoms with Gasteiger partial charge in [0.25, 0.3) is 0 Å². The zero-order valence-electron chi connectivity index (χ0n) is 7.91. The molecule has 0 amide bonds. The summed E-state index contributed by atoms with van der Waals surface area (Å²) in [5.41, 5.74) is 0. The van der Waals surface area contributed by atoms with E-state index in [1.165, 1.54) is 6.92 Å². The molecule has 1 aromatic heterocycles. The molecule has 0 aromatic carbocycles. The van der Waals surface area contributed by atoms with Crippen LogP contribution in [0, 0.1) is 0 Å². The summed E-state index contributed by atoms with van der Waals surface area (Å²) in [6.07, 6.45) is -3.92. The van der Waals surface area contributed by atoms with Crippen molar-refractivity contribution < 1.29 is 21.6 Å². The number of sulfone groups is 1. The van der Waals surface area contributed by atoms with E-state index in [-0.39, 0.29) is 6.54 Å². The third-order valence-corrected chi connectivity index (χ3v) is 2.58. The van der Waals surface area contributed by atoms with Crippen LogP contribution in [0.15, 0.2) is 5.16 Å². The maximum absolute atomic E-state index is 12.3. The van der Waals surface area contributed by atoms with E-state index < -0.39 is 27.0 Å². The van der Waals surface area contributed by atoms with Crippen LogP contribution in [0.5, 0.6) is 0 Å². The molecule has 15 heavy (non-hydrogen) atoms. The lowest BCUT2D eigenvalue weighted by Crippen LogP contribution is -2.17. The molecule has 5 nitrogen and oxygen atoms in total. The van der Waals surface area contributed by atoms with Crippen LogP contribution < -0.4 is 0 Å². The van der Waals surface area contributed by atoms with Crippen molar-refractivity contribution in [1.29, 1.82) is 0 Å². The summed E-state index contributed by atoms with van der Waals surface area (Å²) in [4.78, 5) is 0. The number of rotatable bonds is 2. The molecule has 0 bridgehead atoms. The van der Waals surface area contributed by atoms with Crippen LogP contribution >= 0.6 is 0 Å². The molecule has 0 saturated heterocycles. The Balaban J connectivity index is 3.44. The van der Waals surface area contributed by atoms with Crippen LogP contribution in [0.4, 0.5) is 13.2 Å². The average Bonchev–Trinajstić information content (AvgIpc) is 2.43. The highest BCUT2D eigenvalue weighted by Gasteiger charge is 2.39. The van der Waals surface area contributed by atoms with Gasteiger partial charge >= 0.3 is 6.18 Å². The summed E-state index contributed by atoms with van der Waals surface area (Å²) in [5, 5.41) is 5.19. The van der Waals surface area contributed by atoms with Crippen molar-refractivity contribution in [3.05, 3.63) is 5.82 Å². The second-order valence-electron chi connectivity index (χ2n) is 2.82. The van der Waals surface area contributed by atoms with Gasteiger partial charge in [-0.2, -0.15) is 13.2 Å². The lowest BCUT2D eigenvalue weighted by atomic mass is 10.5. The summed E-state index contributed by atoms with van der Waals surface area (Å²) >= 11 is 0. The van der Waals surface area contributed by atoms with Gasteiger partial charge < -0.3 is 0 Å². The minimum Gasteiger partial charge on any atom is -0.295 e. The van der Waals surface area contributed by atoms with Crippen LogP contribution in [-0.2, 0) is 22.6 Å². The van der Waals surface area contributed by atoms with Crippen molar-refractivity contribution in [2.75, 3.05) is 6.26 Å². The van der Waals surface area contributed by atoms with E-state index in [0.29, 0.717) is 4.57 Å². The van der Waals surface area contributed by atoms with Crippen LogP contribution in [0.2, 0.25) is 0 Å². The second kappa shape index (κ2) is 3.47. The molecule has 1 aromatic rings. The highest BCUT2D eigenvalue weighted by Crippen LogP contribution is 2.28. The normalized spacial score (nSPS) is 13.1. The van der Waals surface area contributed by atoms with Gasteiger partial charge in [-0.3, -0.25) is 4.57 Å². The van der Waals surface area contributed by atoms with E-state index in [2.05, 4.69) is 10.2 Å². The number of hydrogen-bond donors (Lipinski definition) is 0. The Bertz CT molecular complexity index is 462. The van der Waals surface area contributed by atoms with Crippen molar-refractivity contribution in [2.45, 2.75) is 24.8 Å². The zero-order chi connectivity index (χ0) is 11.9. The molecular formula is C6H8F3N3O2S. The first-order valence-electron chi connectivity index (χ1n) is 3.88. The summed E-state index contributed by atoms with van der Waals surface area (Å²) < 4.78 is 59.6. The molecule has 0 unspecified atom stereocenters. The fourth-order valence-electron chi connectivity index (χ4n) is 1.06. The first-order valence-corrected chi connectivity index (χ1v) is 5.77. The molecule has 1 rings (SSSR count). The first-order chi connectivity index (χ1) is 6.68. The van der Waals surface area contributed by atoms with Crippen LogP contribution in [0.1, 0.15) is 12.7 Å². The van der Waals surface area contributed by atoms with E-state index >= 15 is 0 Å². The highest BCUT2D eigenvalue weighted by atomic mass is 32.2. The summed E-state index contributed by atoms with van der Waals surface area (Å²) in [6.45, 7) is 1.22. The fraction of sp³-hybridized carbons (Fsp3) is 0.667. The van der Waals surface area contributed by atoms with Crippen LogP contribution in [0.3, 0.4) is 0 Å². The van der Waals surface area contributed by atoms with Gasteiger partial charge in [0.2, 0.25) is 20.8 Å². The van der Waals surface area contributed by atoms with Crippen molar-refractivity contribution in [3.8, 4) is 0 Å². The molecule has 0 saturated carbocycles. The van der Waals surface area contributed by atoms with Gasteiger partial charge in [0.1, 0.15) is 0 Å². The smallest absolute Gasteiger partial charge is 0.295 e. The second-order valence-corrected chi connectivity index (χ2v) is 4.73. The number of halogens is 3. The van der Waals surface area contributed by atoms with Gasteiger partial charge in [0, 0.05) is 12.8 Å². The molecule has 0 aliphatic rings.